The summed E-state index contributed by atoms with van der Waals surface area (Å²) in [5, 5.41) is 3.55. The molecule has 4 heteroatoms. The predicted octanol–water partition coefficient (Wildman–Crippen LogP) is 2.31. The number of nitrogens with one attached hydrogen (secondary N) is 1. The smallest absolute Gasteiger partial charge is 0.150 e. The minimum absolute atomic E-state index is 0.575. The van der Waals surface area contributed by atoms with Gasteiger partial charge in [0.2, 0.25) is 0 Å². The second-order valence-electron chi connectivity index (χ2n) is 5.62. The van der Waals surface area contributed by atoms with Crippen molar-refractivity contribution in [1.82, 2.24) is 15.3 Å². The minimum Gasteiger partial charge on any atom is -0.355 e. The first kappa shape index (κ1) is 14.3. The number of piperidine rings is 1. The third-order valence-corrected chi connectivity index (χ3v) is 4.04. The normalized spacial score (nSPS) is 21.5. The van der Waals surface area contributed by atoms with Crippen LogP contribution in [0.15, 0.2) is 6.20 Å². The number of hydrogen-bond acceptors (Lipinski definition) is 4. The summed E-state index contributed by atoms with van der Waals surface area (Å²) >= 11 is 0. The average Bonchev–Trinajstić information content (AvgIpc) is 2.42. The van der Waals surface area contributed by atoms with Gasteiger partial charge >= 0.3 is 0 Å². The molecule has 2 atom stereocenters. The maximum Gasteiger partial charge on any atom is 0.150 e. The van der Waals surface area contributed by atoms with Crippen LogP contribution in [-0.4, -0.2) is 35.6 Å². The fraction of sp³-hybridized carbons (Fsp3) is 0.733. The van der Waals surface area contributed by atoms with Crippen molar-refractivity contribution in [2.45, 2.75) is 46.6 Å². The van der Waals surface area contributed by atoms with Gasteiger partial charge < -0.3 is 10.2 Å². The van der Waals surface area contributed by atoms with E-state index in [1.54, 1.807) is 0 Å². The summed E-state index contributed by atoms with van der Waals surface area (Å²) in [6.45, 7) is 11.8. The third-order valence-electron chi connectivity index (χ3n) is 4.04. The highest BCUT2D eigenvalue weighted by Crippen LogP contribution is 2.25. The Balaban J connectivity index is 2.10. The van der Waals surface area contributed by atoms with Crippen LogP contribution in [0.2, 0.25) is 0 Å². The molecule has 1 fully saturated rings. The maximum absolute atomic E-state index is 4.68. The summed E-state index contributed by atoms with van der Waals surface area (Å²) in [5.41, 5.74) is 2.05. The predicted molar refractivity (Wildman–Crippen MR) is 79.6 cm³/mol. The van der Waals surface area contributed by atoms with E-state index in [0.717, 1.165) is 36.8 Å². The second kappa shape index (κ2) is 6.33. The van der Waals surface area contributed by atoms with Gasteiger partial charge in [0, 0.05) is 25.3 Å². The van der Waals surface area contributed by atoms with Crippen LogP contribution >= 0.6 is 0 Å². The van der Waals surface area contributed by atoms with Crippen LogP contribution in [-0.2, 0) is 0 Å². The molecule has 1 aliphatic heterocycles. The number of nitrogens with zero attached hydrogens (tertiary/aromatic N) is 3. The van der Waals surface area contributed by atoms with Crippen molar-refractivity contribution in [1.29, 1.82) is 0 Å². The molecule has 0 saturated carbocycles. The van der Waals surface area contributed by atoms with Crippen molar-refractivity contribution in [3.05, 3.63) is 17.6 Å². The van der Waals surface area contributed by atoms with E-state index in [4.69, 9.17) is 0 Å². The van der Waals surface area contributed by atoms with E-state index in [0.29, 0.717) is 12.0 Å². The van der Waals surface area contributed by atoms with Crippen molar-refractivity contribution >= 4 is 5.82 Å². The zero-order valence-electron chi connectivity index (χ0n) is 12.6. The Morgan fingerprint density at radius 2 is 2.26 bits per heavy atom. The number of aromatic nitrogens is 2. The molecule has 4 nitrogen and oxygen atoms in total. The number of rotatable bonds is 4. The molecule has 2 heterocycles. The van der Waals surface area contributed by atoms with Gasteiger partial charge in [-0.1, -0.05) is 6.92 Å². The molecule has 0 amide bonds. The van der Waals surface area contributed by atoms with Crippen molar-refractivity contribution in [3.63, 3.8) is 0 Å². The monoisotopic (exact) mass is 262 g/mol. The molecule has 0 spiro atoms. The van der Waals surface area contributed by atoms with Gasteiger partial charge in [-0.05, 0) is 46.1 Å². The van der Waals surface area contributed by atoms with E-state index >= 15 is 0 Å². The van der Waals surface area contributed by atoms with Crippen LogP contribution < -0.4 is 10.2 Å². The Labute approximate surface area is 116 Å². The average molecular weight is 262 g/mol. The van der Waals surface area contributed by atoms with Crippen LogP contribution in [0.3, 0.4) is 0 Å². The highest BCUT2D eigenvalue weighted by atomic mass is 15.2. The van der Waals surface area contributed by atoms with Gasteiger partial charge in [0.1, 0.15) is 5.82 Å². The molecule has 1 aromatic heterocycles. The summed E-state index contributed by atoms with van der Waals surface area (Å²) in [5.74, 6) is 1.78. The van der Waals surface area contributed by atoms with Crippen molar-refractivity contribution in [2.75, 3.05) is 24.5 Å². The van der Waals surface area contributed by atoms with E-state index in [1.807, 2.05) is 13.1 Å². The molecule has 1 saturated heterocycles. The lowest BCUT2D eigenvalue weighted by Crippen LogP contribution is -2.45. The SMILES string of the molecule is CCNC(C)C1CCCN(c2nc(C)cnc2C)C1. The quantitative estimate of drug-likeness (QED) is 0.904. The minimum atomic E-state index is 0.575. The molecule has 1 N–H and O–H groups in total. The van der Waals surface area contributed by atoms with Gasteiger partial charge in [-0.2, -0.15) is 0 Å². The van der Waals surface area contributed by atoms with Crippen molar-refractivity contribution in [3.8, 4) is 0 Å². The summed E-state index contributed by atoms with van der Waals surface area (Å²) in [4.78, 5) is 11.5. The van der Waals surface area contributed by atoms with E-state index in [2.05, 4.69) is 41.0 Å². The molecule has 0 bridgehead atoms. The fourth-order valence-corrected chi connectivity index (χ4v) is 2.92. The zero-order valence-corrected chi connectivity index (χ0v) is 12.6. The highest BCUT2D eigenvalue weighted by Gasteiger charge is 2.25. The summed E-state index contributed by atoms with van der Waals surface area (Å²) in [6.07, 6.45) is 4.40. The first-order valence-electron chi connectivity index (χ1n) is 7.40. The topological polar surface area (TPSA) is 41.0 Å². The Morgan fingerprint density at radius 1 is 1.47 bits per heavy atom. The largest absolute Gasteiger partial charge is 0.355 e. The van der Waals surface area contributed by atoms with E-state index < -0.39 is 0 Å². The molecule has 2 unspecified atom stereocenters. The molecule has 19 heavy (non-hydrogen) atoms. The molecule has 0 radical (unpaired) electrons. The number of aryl methyl sites for hydroxylation is 2. The lowest BCUT2D eigenvalue weighted by atomic mass is 9.91. The van der Waals surface area contributed by atoms with Crippen LogP contribution in [0, 0.1) is 19.8 Å². The summed E-state index contributed by atoms with van der Waals surface area (Å²) in [6, 6.07) is 0.575. The van der Waals surface area contributed by atoms with Crippen molar-refractivity contribution in [2.24, 2.45) is 5.92 Å². The van der Waals surface area contributed by atoms with E-state index in [-0.39, 0.29) is 0 Å². The number of anilines is 1. The maximum atomic E-state index is 4.68. The first-order valence-corrected chi connectivity index (χ1v) is 7.40. The Bertz CT molecular complexity index is 419. The molecule has 0 aromatic carbocycles. The van der Waals surface area contributed by atoms with Gasteiger partial charge in [0.05, 0.1) is 11.4 Å². The van der Waals surface area contributed by atoms with Crippen LogP contribution in [0.5, 0.6) is 0 Å². The van der Waals surface area contributed by atoms with Crippen molar-refractivity contribution < 1.29 is 0 Å². The Morgan fingerprint density at radius 3 is 3.00 bits per heavy atom. The first-order chi connectivity index (χ1) is 9.11. The van der Waals surface area contributed by atoms with Gasteiger partial charge in [-0.3, -0.25) is 4.98 Å². The van der Waals surface area contributed by atoms with Gasteiger partial charge in [0.15, 0.2) is 0 Å². The van der Waals surface area contributed by atoms with Crippen LogP contribution in [0.25, 0.3) is 0 Å². The molecule has 0 aliphatic carbocycles. The third kappa shape index (κ3) is 3.44. The zero-order chi connectivity index (χ0) is 13.8. The number of hydrogen-bond donors (Lipinski definition) is 1. The molecule has 1 aromatic rings. The molecule has 106 valence electrons. The lowest BCUT2D eigenvalue weighted by molar-refractivity contribution is 0.323. The van der Waals surface area contributed by atoms with Crippen LogP contribution in [0.1, 0.15) is 38.1 Å². The molecular weight excluding hydrogens is 236 g/mol. The standard InChI is InChI=1S/C15H26N4/c1-5-16-12(3)14-7-6-8-19(10-14)15-13(4)17-9-11(2)18-15/h9,12,14,16H,5-8,10H2,1-4H3. The van der Waals surface area contributed by atoms with E-state index in [1.165, 1.54) is 12.8 Å². The van der Waals surface area contributed by atoms with E-state index in [9.17, 15) is 0 Å². The molecular formula is C15H26N4. The van der Waals surface area contributed by atoms with Gasteiger partial charge in [-0.25, -0.2) is 4.98 Å². The van der Waals surface area contributed by atoms with Crippen LogP contribution in [0.4, 0.5) is 5.82 Å². The lowest BCUT2D eigenvalue weighted by Gasteiger charge is -2.37. The Hall–Kier alpha value is -1.16. The molecule has 1 aliphatic rings. The summed E-state index contributed by atoms with van der Waals surface area (Å²) < 4.78 is 0. The van der Waals surface area contributed by atoms with Gasteiger partial charge in [-0.15, -0.1) is 0 Å². The highest BCUT2D eigenvalue weighted by molar-refractivity contribution is 5.43. The summed E-state index contributed by atoms with van der Waals surface area (Å²) in [7, 11) is 0. The molecule has 2 rings (SSSR count). The fourth-order valence-electron chi connectivity index (χ4n) is 2.92. The van der Waals surface area contributed by atoms with Gasteiger partial charge in [0.25, 0.3) is 0 Å². The second-order valence-corrected chi connectivity index (χ2v) is 5.62. The Kier molecular flexibility index (Phi) is 4.75.